The number of hydrogen-bond acceptors (Lipinski definition) is 9. The molecule has 30 heavy (non-hydrogen) atoms. The van der Waals surface area contributed by atoms with Gasteiger partial charge in [-0.25, -0.2) is 19.4 Å². The summed E-state index contributed by atoms with van der Waals surface area (Å²) >= 11 is 0. The fourth-order valence-electron chi connectivity index (χ4n) is 3.17. The molecule has 11 heteroatoms. The summed E-state index contributed by atoms with van der Waals surface area (Å²) in [6, 6.07) is 8.45. The van der Waals surface area contributed by atoms with Crippen LogP contribution in [0.5, 0.6) is 0 Å². The molecule has 3 aromatic rings. The van der Waals surface area contributed by atoms with Crippen LogP contribution in [0.3, 0.4) is 0 Å². The van der Waals surface area contributed by atoms with E-state index in [0.29, 0.717) is 43.4 Å². The molecule has 1 saturated heterocycles. The third-order valence-corrected chi connectivity index (χ3v) is 4.75. The lowest BCUT2D eigenvalue weighted by atomic mass is 10.2. The van der Waals surface area contributed by atoms with Crippen molar-refractivity contribution in [1.82, 2.24) is 35.1 Å². The van der Waals surface area contributed by atoms with Gasteiger partial charge in [0, 0.05) is 38.6 Å². The average Bonchev–Trinajstić information content (AvgIpc) is 3.34. The van der Waals surface area contributed by atoms with Gasteiger partial charge in [0.15, 0.2) is 6.10 Å². The lowest BCUT2D eigenvalue weighted by Crippen LogP contribution is -2.52. The predicted molar refractivity (Wildman–Crippen MR) is 105 cm³/mol. The van der Waals surface area contributed by atoms with E-state index in [1.54, 1.807) is 54.5 Å². The molecule has 3 heterocycles. The Bertz CT molecular complexity index is 1000. The molecule has 2 aromatic heterocycles. The van der Waals surface area contributed by atoms with Crippen LogP contribution in [0.15, 0.2) is 49.1 Å². The van der Waals surface area contributed by atoms with Gasteiger partial charge in [0.2, 0.25) is 5.95 Å². The molecule has 0 bridgehead atoms. The van der Waals surface area contributed by atoms with Crippen molar-refractivity contribution in [2.45, 2.75) is 13.0 Å². The largest absolute Gasteiger partial charge is 0.449 e. The second-order valence-electron chi connectivity index (χ2n) is 6.71. The van der Waals surface area contributed by atoms with E-state index < -0.39 is 12.1 Å². The zero-order valence-electron chi connectivity index (χ0n) is 16.3. The number of piperazine rings is 1. The first-order chi connectivity index (χ1) is 14.6. The van der Waals surface area contributed by atoms with Gasteiger partial charge in [-0.2, -0.15) is 0 Å². The van der Waals surface area contributed by atoms with Crippen LogP contribution in [0.4, 0.5) is 5.95 Å². The normalized spacial score (nSPS) is 15.0. The molecule has 0 radical (unpaired) electrons. The molecule has 1 fully saturated rings. The molecular weight excluding hydrogens is 388 g/mol. The molecule has 0 spiro atoms. The van der Waals surface area contributed by atoms with Crippen LogP contribution in [0.2, 0.25) is 0 Å². The van der Waals surface area contributed by atoms with Crippen molar-refractivity contribution in [1.29, 1.82) is 0 Å². The predicted octanol–water partition coefficient (Wildman–Crippen LogP) is 0.346. The van der Waals surface area contributed by atoms with Gasteiger partial charge in [0.1, 0.15) is 6.33 Å². The van der Waals surface area contributed by atoms with E-state index in [9.17, 15) is 9.59 Å². The number of ether oxygens (including phenoxy) is 1. The third-order valence-electron chi connectivity index (χ3n) is 4.75. The first kappa shape index (κ1) is 19.4. The Labute approximate surface area is 172 Å². The van der Waals surface area contributed by atoms with Crippen LogP contribution in [-0.4, -0.2) is 79.2 Å². The summed E-state index contributed by atoms with van der Waals surface area (Å²) in [4.78, 5) is 37.4. The third kappa shape index (κ3) is 4.24. The minimum atomic E-state index is -0.895. The smallest absolute Gasteiger partial charge is 0.338 e. The van der Waals surface area contributed by atoms with E-state index >= 15 is 0 Å². The summed E-state index contributed by atoms with van der Waals surface area (Å²) < 4.78 is 6.84. The van der Waals surface area contributed by atoms with Crippen molar-refractivity contribution < 1.29 is 14.3 Å². The molecule has 1 aliphatic rings. The van der Waals surface area contributed by atoms with E-state index in [1.165, 1.54) is 11.0 Å². The molecule has 1 amide bonds. The number of aromatic nitrogens is 6. The van der Waals surface area contributed by atoms with Crippen molar-refractivity contribution in [3.63, 3.8) is 0 Å². The van der Waals surface area contributed by atoms with Crippen molar-refractivity contribution in [2.75, 3.05) is 31.1 Å². The summed E-state index contributed by atoms with van der Waals surface area (Å²) in [5.74, 6) is -0.165. The Balaban J connectivity index is 1.34. The molecule has 1 aliphatic heterocycles. The summed E-state index contributed by atoms with van der Waals surface area (Å²) in [6.07, 6.45) is 3.91. The maximum absolute atomic E-state index is 12.7. The number of nitrogens with zero attached hydrogens (tertiary/aromatic N) is 8. The van der Waals surface area contributed by atoms with Crippen LogP contribution in [0, 0.1) is 0 Å². The molecule has 0 N–H and O–H groups in total. The molecule has 154 valence electrons. The highest BCUT2D eigenvalue weighted by Crippen LogP contribution is 2.14. The highest BCUT2D eigenvalue weighted by atomic mass is 16.5. The quantitative estimate of drug-likeness (QED) is 0.551. The Kier molecular flexibility index (Phi) is 5.59. The van der Waals surface area contributed by atoms with Crippen LogP contribution in [0.25, 0.3) is 5.69 Å². The van der Waals surface area contributed by atoms with Crippen molar-refractivity contribution in [2.24, 2.45) is 0 Å². The van der Waals surface area contributed by atoms with Gasteiger partial charge in [-0.05, 0) is 41.6 Å². The van der Waals surface area contributed by atoms with Gasteiger partial charge in [-0.1, -0.05) is 6.07 Å². The van der Waals surface area contributed by atoms with Crippen LogP contribution < -0.4 is 4.90 Å². The number of esters is 1. The number of carbonyl (C=O) groups is 2. The Morgan fingerprint density at radius 2 is 1.83 bits per heavy atom. The minimum Gasteiger partial charge on any atom is -0.449 e. The number of carbonyl (C=O) groups excluding carboxylic acids is 2. The SMILES string of the molecule is CC(OC(=O)c1cccc(-n2cnnn2)c1)C(=O)N1CCN(c2ncccn2)CC1. The number of tetrazole rings is 1. The van der Waals surface area contributed by atoms with E-state index in [2.05, 4.69) is 25.5 Å². The van der Waals surface area contributed by atoms with Gasteiger partial charge in [-0.15, -0.1) is 5.10 Å². The van der Waals surface area contributed by atoms with E-state index in [4.69, 9.17) is 4.74 Å². The van der Waals surface area contributed by atoms with Crippen molar-refractivity contribution in [3.8, 4) is 5.69 Å². The van der Waals surface area contributed by atoms with Crippen LogP contribution >= 0.6 is 0 Å². The molecule has 1 atom stereocenters. The fourth-order valence-corrected chi connectivity index (χ4v) is 3.17. The molecule has 11 nitrogen and oxygen atoms in total. The zero-order chi connectivity index (χ0) is 20.9. The van der Waals surface area contributed by atoms with Crippen LogP contribution in [-0.2, 0) is 9.53 Å². The maximum Gasteiger partial charge on any atom is 0.338 e. The van der Waals surface area contributed by atoms with Gasteiger partial charge in [0.05, 0.1) is 11.3 Å². The van der Waals surface area contributed by atoms with E-state index in [1.807, 2.05) is 4.90 Å². The zero-order valence-corrected chi connectivity index (χ0v) is 16.3. The fraction of sp³-hybridized carbons (Fsp3) is 0.316. The van der Waals surface area contributed by atoms with E-state index in [0.717, 1.165) is 0 Å². The topological polar surface area (TPSA) is 119 Å². The minimum absolute atomic E-state index is 0.228. The Morgan fingerprint density at radius 3 is 2.53 bits per heavy atom. The van der Waals surface area contributed by atoms with Gasteiger partial charge in [-0.3, -0.25) is 4.79 Å². The molecule has 0 saturated carbocycles. The number of anilines is 1. The lowest BCUT2D eigenvalue weighted by Gasteiger charge is -2.35. The average molecular weight is 408 g/mol. The van der Waals surface area contributed by atoms with Crippen molar-refractivity contribution >= 4 is 17.8 Å². The summed E-state index contributed by atoms with van der Waals surface area (Å²) in [7, 11) is 0. The van der Waals surface area contributed by atoms with Gasteiger partial charge < -0.3 is 14.5 Å². The molecular formula is C19H20N8O3. The summed E-state index contributed by atoms with van der Waals surface area (Å²) in [5.41, 5.74) is 0.932. The number of benzene rings is 1. The van der Waals surface area contributed by atoms with Gasteiger partial charge >= 0.3 is 5.97 Å². The molecule has 1 unspecified atom stereocenters. The molecule has 0 aliphatic carbocycles. The highest BCUT2D eigenvalue weighted by molar-refractivity contribution is 5.92. The number of rotatable bonds is 5. The maximum atomic E-state index is 12.7. The van der Waals surface area contributed by atoms with Gasteiger partial charge in [0.25, 0.3) is 5.91 Å². The highest BCUT2D eigenvalue weighted by Gasteiger charge is 2.28. The summed E-state index contributed by atoms with van der Waals surface area (Å²) in [6.45, 7) is 3.83. The number of hydrogen-bond donors (Lipinski definition) is 0. The Hall–Kier alpha value is -3.89. The summed E-state index contributed by atoms with van der Waals surface area (Å²) in [5, 5.41) is 10.9. The first-order valence-corrected chi connectivity index (χ1v) is 9.47. The second kappa shape index (κ2) is 8.64. The number of amides is 1. The Morgan fingerprint density at radius 1 is 1.07 bits per heavy atom. The molecule has 1 aromatic carbocycles. The monoisotopic (exact) mass is 408 g/mol. The standard InChI is InChI=1S/C19H20N8O3/c1-14(17(28)25-8-10-26(11-9-25)19-20-6-3-7-21-19)30-18(29)15-4-2-5-16(12-15)27-13-22-23-24-27/h2-7,12-14H,8-11H2,1H3. The van der Waals surface area contributed by atoms with Crippen molar-refractivity contribution in [3.05, 3.63) is 54.6 Å². The van der Waals surface area contributed by atoms with Crippen LogP contribution in [0.1, 0.15) is 17.3 Å². The second-order valence-corrected chi connectivity index (χ2v) is 6.71. The molecule has 4 rings (SSSR count). The lowest BCUT2D eigenvalue weighted by molar-refractivity contribution is -0.140. The first-order valence-electron chi connectivity index (χ1n) is 9.47. The van der Waals surface area contributed by atoms with E-state index in [-0.39, 0.29) is 5.91 Å².